The second-order valence-corrected chi connectivity index (χ2v) is 4.98. The van der Waals surface area contributed by atoms with Gasteiger partial charge in [-0.1, -0.05) is 22.0 Å². The number of nitrogens with zero attached hydrogens (tertiary/aromatic N) is 3. The van der Waals surface area contributed by atoms with E-state index in [2.05, 4.69) is 32.4 Å². The highest BCUT2D eigenvalue weighted by Gasteiger charge is 2.15. The van der Waals surface area contributed by atoms with Crippen molar-refractivity contribution in [2.24, 2.45) is 7.05 Å². The summed E-state index contributed by atoms with van der Waals surface area (Å²) >= 11 is 3.41. The number of aromatic nitrogens is 2. The Bertz CT molecular complexity index is 597. The summed E-state index contributed by atoms with van der Waals surface area (Å²) in [6, 6.07) is 9.61. The van der Waals surface area contributed by atoms with Gasteiger partial charge in [-0.05, 0) is 25.1 Å². The summed E-state index contributed by atoms with van der Waals surface area (Å²) in [5.41, 5.74) is 2.67. The van der Waals surface area contributed by atoms with Crippen LogP contribution in [-0.4, -0.2) is 9.78 Å². The fourth-order valence-electron chi connectivity index (χ4n) is 1.83. The Morgan fingerprint density at radius 2 is 2.28 bits per heavy atom. The molecule has 1 unspecified atom stereocenters. The van der Waals surface area contributed by atoms with Crippen molar-refractivity contribution in [2.75, 3.05) is 5.32 Å². The van der Waals surface area contributed by atoms with Gasteiger partial charge in [-0.15, -0.1) is 0 Å². The van der Waals surface area contributed by atoms with E-state index < -0.39 is 6.04 Å². The highest BCUT2D eigenvalue weighted by Crippen LogP contribution is 2.23. The first-order valence-electron chi connectivity index (χ1n) is 5.52. The molecule has 92 valence electrons. The number of hydrogen-bond acceptors (Lipinski definition) is 3. The van der Waals surface area contributed by atoms with Crippen molar-refractivity contribution in [2.45, 2.75) is 13.0 Å². The number of nitriles is 1. The van der Waals surface area contributed by atoms with E-state index in [1.54, 1.807) is 4.68 Å². The maximum absolute atomic E-state index is 9.28. The average Bonchev–Trinajstić information content (AvgIpc) is 2.65. The van der Waals surface area contributed by atoms with Crippen LogP contribution in [0.15, 0.2) is 34.9 Å². The number of rotatable bonds is 3. The van der Waals surface area contributed by atoms with Gasteiger partial charge < -0.3 is 5.32 Å². The van der Waals surface area contributed by atoms with Crippen molar-refractivity contribution < 1.29 is 0 Å². The second kappa shape index (κ2) is 5.23. The molecule has 4 nitrogen and oxygen atoms in total. The van der Waals surface area contributed by atoms with E-state index >= 15 is 0 Å². The summed E-state index contributed by atoms with van der Waals surface area (Å²) in [4.78, 5) is 0. The lowest BCUT2D eigenvalue weighted by Gasteiger charge is -2.12. The molecule has 0 saturated heterocycles. The molecule has 1 aromatic heterocycles. The molecule has 0 bridgehead atoms. The summed E-state index contributed by atoms with van der Waals surface area (Å²) < 4.78 is 2.70. The summed E-state index contributed by atoms with van der Waals surface area (Å²) in [6.45, 7) is 1.91. The Balaban J connectivity index is 2.26. The summed E-state index contributed by atoms with van der Waals surface area (Å²) in [5.74, 6) is 0. The Labute approximate surface area is 114 Å². The molecule has 2 aromatic rings. The van der Waals surface area contributed by atoms with Crippen LogP contribution >= 0.6 is 15.9 Å². The summed E-state index contributed by atoms with van der Waals surface area (Å²) in [6.07, 6.45) is 1.87. The Hall–Kier alpha value is -1.80. The standard InChI is InChI=1S/C13H13BrN4/c1-9-12(8-18(2)17-9)13(7-15)16-11-5-3-4-10(14)6-11/h3-6,8,13,16H,1-2H3. The van der Waals surface area contributed by atoms with Gasteiger partial charge in [0.1, 0.15) is 6.04 Å². The molecule has 0 fully saturated rings. The molecule has 0 aliphatic carbocycles. The van der Waals surface area contributed by atoms with Crippen LogP contribution in [0.3, 0.4) is 0 Å². The quantitative estimate of drug-likeness (QED) is 0.947. The minimum absolute atomic E-state index is 0.395. The Morgan fingerprint density at radius 3 is 2.83 bits per heavy atom. The maximum Gasteiger partial charge on any atom is 0.143 e. The second-order valence-electron chi connectivity index (χ2n) is 4.06. The van der Waals surface area contributed by atoms with Gasteiger partial charge in [-0.3, -0.25) is 4.68 Å². The maximum atomic E-state index is 9.28. The molecule has 0 aliphatic rings. The molecule has 2 rings (SSSR count). The highest BCUT2D eigenvalue weighted by molar-refractivity contribution is 9.10. The minimum atomic E-state index is -0.395. The third kappa shape index (κ3) is 2.71. The normalized spacial score (nSPS) is 11.9. The van der Waals surface area contributed by atoms with Crippen molar-refractivity contribution in [1.82, 2.24) is 9.78 Å². The number of nitrogens with one attached hydrogen (secondary N) is 1. The van der Waals surface area contributed by atoms with Crippen molar-refractivity contribution in [3.05, 3.63) is 46.2 Å². The molecular formula is C13H13BrN4. The smallest absolute Gasteiger partial charge is 0.143 e. The van der Waals surface area contributed by atoms with Gasteiger partial charge in [-0.2, -0.15) is 10.4 Å². The first-order valence-corrected chi connectivity index (χ1v) is 6.31. The zero-order valence-electron chi connectivity index (χ0n) is 10.2. The third-order valence-corrected chi connectivity index (χ3v) is 3.12. The van der Waals surface area contributed by atoms with E-state index in [-0.39, 0.29) is 0 Å². The van der Waals surface area contributed by atoms with Crippen molar-refractivity contribution in [3.8, 4) is 6.07 Å². The Kier molecular flexibility index (Phi) is 3.68. The van der Waals surface area contributed by atoms with Crippen LogP contribution in [0, 0.1) is 18.3 Å². The zero-order chi connectivity index (χ0) is 13.1. The number of benzene rings is 1. The number of hydrogen-bond donors (Lipinski definition) is 1. The molecule has 0 saturated carbocycles. The van der Waals surface area contributed by atoms with Crippen molar-refractivity contribution >= 4 is 21.6 Å². The predicted octanol–water partition coefficient (Wildman–Crippen LogP) is 3.17. The van der Waals surface area contributed by atoms with E-state index in [1.165, 1.54) is 0 Å². The molecule has 1 heterocycles. The van der Waals surface area contributed by atoms with E-state index in [1.807, 2.05) is 44.4 Å². The first-order chi connectivity index (χ1) is 8.60. The fraction of sp³-hybridized carbons (Fsp3) is 0.231. The largest absolute Gasteiger partial charge is 0.366 e. The molecule has 5 heteroatoms. The third-order valence-electron chi connectivity index (χ3n) is 2.63. The highest BCUT2D eigenvalue weighted by atomic mass is 79.9. The number of aryl methyl sites for hydroxylation is 2. The zero-order valence-corrected chi connectivity index (χ0v) is 11.8. The molecule has 0 spiro atoms. The lowest BCUT2D eigenvalue weighted by molar-refractivity contribution is 0.756. The lowest BCUT2D eigenvalue weighted by atomic mass is 10.1. The fourth-order valence-corrected chi connectivity index (χ4v) is 2.23. The van der Waals surface area contributed by atoms with Crippen LogP contribution in [0.2, 0.25) is 0 Å². The van der Waals surface area contributed by atoms with Crippen LogP contribution in [0.5, 0.6) is 0 Å². The molecule has 0 amide bonds. The molecular weight excluding hydrogens is 292 g/mol. The van der Waals surface area contributed by atoms with Crippen LogP contribution in [0.25, 0.3) is 0 Å². The van der Waals surface area contributed by atoms with E-state index in [0.29, 0.717) is 0 Å². The van der Waals surface area contributed by atoms with Gasteiger partial charge in [0.25, 0.3) is 0 Å². The molecule has 1 N–H and O–H groups in total. The van der Waals surface area contributed by atoms with Crippen molar-refractivity contribution in [3.63, 3.8) is 0 Å². The first kappa shape index (κ1) is 12.7. The van der Waals surface area contributed by atoms with E-state index in [4.69, 9.17) is 0 Å². The Morgan fingerprint density at radius 1 is 1.50 bits per heavy atom. The van der Waals surface area contributed by atoms with Gasteiger partial charge in [0, 0.05) is 29.0 Å². The molecule has 0 radical (unpaired) electrons. The van der Waals surface area contributed by atoms with E-state index in [0.717, 1.165) is 21.4 Å². The van der Waals surface area contributed by atoms with Crippen LogP contribution in [0.1, 0.15) is 17.3 Å². The molecule has 0 aliphatic heterocycles. The predicted molar refractivity (Wildman–Crippen MR) is 74.1 cm³/mol. The van der Waals surface area contributed by atoms with Gasteiger partial charge >= 0.3 is 0 Å². The van der Waals surface area contributed by atoms with Crippen LogP contribution in [-0.2, 0) is 7.05 Å². The lowest BCUT2D eigenvalue weighted by Crippen LogP contribution is -2.08. The van der Waals surface area contributed by atoms with Crippen molar-refractivity contribution in [1.29, 1.82) is 5.26 Å². The van der Waals surface area contributed by atoms with E-state index in [9.17, 15) is 5.26 Å². The topological polar surface area (TPSA) is 53.6 Å². The van der Waals surface area contributed by atoms with Gasteiger partial charge in [0.15, 0.2) is 0 Å². The van der Waals surface area contributed by atoms with Crippen LogP contribution in [0.4, 0.5) is 5.69 Å². The average molecular weight is 305 g/mol. The minimum Gasteiger partial charge on any atom is -0.366 e. The number of halogens is 1. The van der Waals surface area contributed by atoms with Gasteiger partial charge in [-0.25, -0.2) is 0 Å². The number of anilines is 1. The SMILES string of the molecule is Cc1nn(C)cc1C(C#N)Nc1cccc(Br)c1. The molecule has 18 heavy (non-hydrogen) atoms. The summed E-state index contributed by atoms with van der Waals surface area (Å²) in [5, 5.41) is 16.7. The van der Waals surface area contributed by atoms with Gasteiger partial charge in [0.05, 0.1) is 11.8 Å². The molecule has 1 atom stereocenters. The van der Waals surface area contributed by atoms with Crippen LogP contribution < -0.4 is 5.32 Å². The monoisotopic (exact) mass is 304 g/mol. The molecule has 1 aromatic carbocycles. The van der Waals surface area contributed by atoms with Gasteiger partial charge in [0.2, 0.25) is 0 Å². The summed E-state index contributed by atoms with van der Waals surface area (Å²) in [7, 11) is 1.85.